The predicted octanol–water partition coefficient (Wildman–Crippen LogP) is 4.93. The molecule has 1 fully saturated rings. The van der Waals surface area contributed by atoms with Gasteiger partial charge in [-0.2, -0.15) is 5.10 Å². The molecule has 148 valence electrons. The van der Waals surface area contributed by atoms with Crippen LogP contribution in [0.2, 0.25) is 0 Å². The van der Waals surface area contributed by atoms with E-state index in [0.717, 1.165) is 18.7 Å². The third kappa shape index (κ3) is 4.25. The van der Waals surface area contributed by atoms with Gasteiger partial charge in [-0.05, 0) is 74.8 Å². The van der Waals surface area contributed by atoms with Gasteiger partial charge in [0.25, 0.3) is 6.43 Å². The number of likely N-dealkylation sites (tertiary alicyclic amines) is 1. The van der Waals surface area contributed by atoms with Gasteiger partial charge in [-0.25, -0.2) is 13.5 Å². The molecule has 0 spiro atoms. The van der Waals surface area contributed by atoms with Crippen LogP contribution in [-0.4, -0.2) is 40.9 Å². The zero-order chi connectivity index (χ0) is 19.3. The minimum atomic E-state index is -2.65. The molecule has 0 N–H and O–H groups in total. The molecule has 4 rings (SSSR count). The quantitative estimate of drug-likeness (QED) is 0.514. The van der Waals surface area contributed by atoms with Gasteiger partial charge in [0, 0.05) is 6.54 Å². The minimum absolute atomic E-state index is 0.284. The maximum Gasteiger partial charge on any atom is 0.282 e. The van der Waals surface area contributed by atoms with E-state index in [1.165, 1.54) is 42.9 Å². The lowest BCUT2D eigenvalue weighted by Crippen LogP contribution is -2.21. The van der Waals surface area contributed by atoms with Crippen LogP contribution in [0.25, 0.3) is 17.1 Å². The molecule has 0 unspecified atom stereocenters. The van der Waals surface area contributed by atoms with E-state index in [9.17, 15) is 8.78 Å². The SMILES string of the molecule is FC(F)c1cc(-c2ccco2)n(-c2ccc(OCCCN3CCCC3)cc2)n1. The zero-order valence-corrected chi connectivity index (χ0v) is 15.6. The molecular formula is C21H23F2N3O2. The second-order valence-corrected chi connectivity index (χ2v) is 6.89. The lowest BCUT2D eigenvalue weighted by atomic mass is 10.2. The van der Waals surface area contributed by atoms with Crippen molar-refractivity contribution in [2.45, 2.75) is 25.7 Å². The molecule has 28 heavy (non-hydrogen) atoms. The molecular weight excluding hydrogens is 364 g/mol. The van der Waals surface area contributed by atoms with Crippen LogP contribution in [0.3, 0.4) is 0 Å². The van der Waals surface area contributed by atoms with Crippen LogP contribution >= 0.6 is 0 Å². The van der Waals surface area contributed by atoms with Crippen LogP contribution in [0.4, 0.5) is 8.78 Å². The highest BCUT2D eigenvalue weighted by Gasteiger charge is 2.19. The van der Waals surface area contributed by atoms with Gasteiger partial charge < -0.3 is 14.1 Å². The summed E-state index contributed by atoms with van der Waals surface area (Å²) in [6.07, 6.45) is 2.44. The number of nitrogens with zero attached hydrogens (tertiary/aromatic N) is 3. The minimum Gasteiger partial charge on any atom is -0.494 e. The van der Waals surface area contributed by atoms with Gasteiger partial charge in [-0.1, -0.05) is 0 Å². The fourth-order valence-electron chi connectivity index (χ4n) is 3.47. The molecule has 7 heteroatoms. The topological polar surface area (TPSA) is 43.4 Å². The highest BCUT2D eigenvalue weighted by atomic mass is 19.3. The number of benzene rings is 1. The lowest BCUT2D eigenvalue weighted by Gasteiger charge is -2.14. The first kappa shape index (κ1) is 18.7. The van der Waals surface area contributed by atoms with Crippen molar-refractivity contribution in [2.75, 3.05) is 26.2 Å². The van der Waals surface area contributed by atoms with Gasteiger partial charge >= 0.3 is 0 Å². The van der Waals surface area contributed by atoms with E-state index in [1.54, 1.807) is 12.1 Å². The van der Waals surface area contributed by atoms with Gasteiger partial charge in [0.1, 0.15) is 17.1 Å². The molecule has 1 aliphatic heterocycles. The summed E-state index contributed by atoms with van der Waals surface area (Å²) in [7, 11) is 0. The van der Waals surface area contributed by atoms with E-state index in [4.69, 9.17) is 9.15 Å². The molecule has 5 nitrogen and oxygen atoms in total. The molecule has 0 aliphatic carbocycles. The summed E-state index contributed by atoms with van der Waals surface area (Å²) in [5, 5.41) is 4.05. The Hall–Kier alpha value is -2.67. The zero-order valence-electron chi connectivity index (χ0n) is 15.6. The Kier molecular flexibility index (Phi) is 5.71. The number of hydrogen-bond donors (Lipinski definition) is 0. The fourth-order valence-corrected chi connectivity index (χ4v) is 3.47. The van der Waals surface area contributed by atoms with Crippen molar-refractivity contribution in [1.29, 1.82) is 0 Å². The Bertz CT molecular complexity index is 870. The van der Waals surface area contributed by atoms with E-state index in [2.05, 4.69) is 10.00 Å². The molecule has 2 aromatic heterocycles. The second-order valence-electron chi connectivity index (χ2n) is 6.89. The lowest BCUT2D eigenvalue weighted by molar-refractivity contribution is 0.145. The molecule has 0 saturated carbocycles. The van der Waals surface area contributed by atoms with Gasteiger partial charge in [0.05, 0.1) is 18.6 Å². The van der Waals surface area contributed by atoms with Crippen LogP contribution < -0.4 is 4.74 Å². The maximum absolute atomic E-state index is 13.1. The molecule has 0 bridgehead atoms. The second kappa shape index (κ2) is 8.56. The molecule has 1 aromatic carbocycles. The molecule has 1 aliphatic rings. The van der Waals surface area contributed by atoms with Crippen molar-refractivity contribution in [3.8, 4) is 22.9 Å². The van der Waals surface area contributed by atoms with Crippen molar-refractivity contribution in [3.05, 3.63) is 54.4 Å². The Morgan fingerprint density at radius 3 is 2.57 bits per heavy atom. The van der Waals surface area contributed by atoms with Gasteiger partial charge in [-0.15, -0.1) is 0 Å². The average Bonchev–Trinajstić information content (AvgIpc) is 3.47. The van der Waals surface area contributed by atoms with Crippen LogP contribution in [0.5, 0.6) is 5.75 Å². The number of aromatic nitrogens is 2. The third-order valence-electron chi connectivity index (χ3n) is 4.89. The highest BCUT2D eigenvalue weighted by Crippen LogP contribution is 2.29. The monoisotopic (exact) mass is 387 g/mol. The summed E-state index contributed by atoms with van der Waals surface area (Å²) >= 11 is 0. The fraction of sp³-hybridized carbons (Fsp3) is 0.381. The summed E-state index contributed by atoms with van der Waals surface area (Å²) < 4.78 is 38.9. The van der Waals surface area contributed by atoms with Crippen molar-refractivity contribution >= 4 is 0 Å². The first-order valence-electron chi connectivity index (χ1n) is 9.58. The first-order valence-corrected chi connectivity index (χ1v) is 9.58. The Morgan fingerprint density at radius 1 is 1.11 bits per heavy atom. The Labute approximate surface area is 162 Å². The third-order valence-corrected chi connectivity index (χ3v) is 4.89. The molecule has 0 radical (unpaired) electrons. The van der Waals surface area contributed by atoms with Crippen LogP contribution in [0, 0.1) is 0 Å². The van der Waals surface area contributed by atoms with Crippen molar-refractivity contribution in [1.82, 2.24) is 14.7 Å². The highest BCUT2D eigenvalue weighted by molar-refractivity contribution is 5.57. The average molecular weight is 387 g/mol. The first-order chi connectivity index (χ1) is 13.7. The number of alkyl halides is 2. The summed E-state index contributed by atoms with van der Waals surface area (Å²) in [6, 6.07) is 12.1. The van der Waals surface area contributed by atoms with Crippen LogP contribution in [0.1, 0.15) is 31.4 Å². The van der Waals surface area contributed by atoms with Crippen molar-refractivity contribution < 1.29 is 17.9 Å². The summed E-state index contributed by atoms with van der Waals surface area (Å²) in [5.74, 6) is 1.24. The van der Waals surface area contributed by atoms with E-state index in [-0.39, 0.29) is 5.69 Å². The van der Waals surface area contributed by atoms with E-state index < -0.39 is 6.43 Å². The molecule has 3 heterocycles. The van der Waals surface area contributed by atoms with Crippen LogP contribution in [-0.2, 0) is 0 Å². The van der Waals surface area contributed by atoms with Gasteiger partial charge in [0.2, 0.25) is 0 Å². The Balaban J connectivity index is 1.43. The van der Waals surface area contributed by atoms with Gasteiger partial charge in [-0.3, -0.25) is 0 Å². The van der Waals surface area contributed by atoms with E-state index in [1.807, 2.05) is 24.3 Å². The Morgan fingerprint density at radius 2 is 1.89 bits per heavy atom. The normalized spacial score (nSPS) is 14.8. The summed E-state index contributed by atoms with van der Waals surface area (Å²) in [6.45, 7) is 4.10. The number of rotatable bonds is 8. The number of furan rings is 1. The number of hydrogen-bond acceptors (Lipinski definition) is 4. The molecule has 1 saturated heterocycles. The van der Waals surface area contributed by atoms with Crippen LogP contribution in [0.15, 0.2) is 53.1 Å². The van der Waals surface area contributed by atoms with Gasteiger partial charge in [0.15, 0.2) is 5.76 Å². The van der Waals surface area contributed by atoms with Crippen molar-refractivity contribution in [2.24, 2.45) is 0 Å². The summed E-state index contributed by atoms with van der Waals surface area (Å²) in [5.41, 5.74) is 0.871. The summed E-state index contributed by atoms with van der Waals surface area (Å²) in [4.78, 5) is 2.46. The molecule has 3 aromatic rings. The predicted molar refractivity (Wildman–Crippen MR) is 102 cm³/mol. The number of ether oxygens (including phenoxy) is 1. The largest absolute Gasteiger partial charge is 0.494 e. The van der Waals surface area contributed by atoms with Crippen molar-refractivity contribution in [3.63, 3.8) is 0 Å². The number of halogens is 2. The molecule has 0 atom stereocenters. The van der Waals surface area contributed by atoms with E-state index >= 15 is 0 Å². The smallest absolute Gasteiger partial charge is 0.282 e. The standard InChI is InChI=1S/C21H23F2N3O2/c22-21(23)18-15-19(20-5-3-13-28-20)26(24-18)16-6-8-17(9-7-16)27-14-4-12-25-10-1-2-11-25/h3,5-9,13,15,21H,1-2,4,10-12,14H2. The molecule has 0 amide bonds. The van der Waals surface area contributed by atoms with E-state index in [0.29, 0.717) is 23.7 Å². The maximum atomic E-state index is 13.1.